The summed E-state index contributed by atoms with van der Waals surface area (Å²) in [5, 5.41) is 15.8. The van der Waals surface area contributed by atoms with Crippen molar-refractivity contribution in [3.8, 4) is 0 Å². The number of carbonyl (C=O) groups is 3. The quantitative estimate of drug-likeness (QED) is 0.274. The fourth-order valence-corrected chi connectivity index (χ4v) is 6.79. The molecule has 2 aliphatic carbocycles. The van der Waals surface area contributed by atoms with E-state index in [-0.39, 0.29) is 37.0 Å². The number of aliphatic hydroxyl groups is 1. The van der Waals surface area contributed by atoms with Gasteiger partial charge in [0.05, 0.1) is 6.61 Å². The first-order valence-corrected chi connectivity index (χ1v) is 16.9. The molecule has 2 aromatic rings. The van der Waals surface area contributed by atoms with Gasteiger partial charge in [-0.15, -0.1) is 0 Å². The second-order valence-corrected chi connectivity index (χ2v) is 15.0. The van der Waals surface area contributed by atoms with E-state index in [1.807, 2.05) is 36.2 Å². The molecule has 0 bridgehead atoms. The SMILES string of the molecule is CN(C(=O)CCC([SiH3])(CO)NC(=O)[C@H](CC1CCCCC1)NC(=O)OCc1cccc(Cl)c1)C1(Cc2ccccc2)CC1. The highest BCUT2D eigenvalue weighted by atomic mass is 35.5. The molecule has 2 aliphatic rings. The van der Waals surface area contributed by atoms with Gasteiger partial charge in [0.25, 0.3) is 0 Å². The summed E-state index contributed by atoms with van der Waals surface area (Å²) >= 11 is 6.04. The maximum atomic E-state index is 13.6. The smallest absolute Gasteiger partial charge is 0.408 e. The first-order chi connectivity index (χ1) is 20.6. The molecule has 2 fully saturated rings. The number of ether oxygens (including phenoxy) is 1. The highest BCUT2D eigenvalue weighted by molar-refractivity contribution is 6.30. The molecule has 4 rings (SSSR count). The Morgan fingerprint density at radius 3 is 2.44 bits per heavy atom. The molecule has 2 saturated carbocycles. The molecule has 0 aliphatic heterocycles. The lowest BCUT2D eigenvalue weighted by atomic mass is 9.84. The largest absolute Gasteiger partial charge is 0.445 e. The van der Waals surface area contributed by atoms with Crippen molar-refractivity contribution in [3.63, 3.8) is 0 Å². The maximum Gasteiger partial charge on any atom is 0.408 e. The van der Waals surface area contributed by atoms with Gasteiger partial charge in [-0.25, -0.2) is 4.79 Å². The van der Waals surface area contributed by atoms with E-state index >= 15 is 0 Å². The third kappa shape index (κ3) is 9.81. The summed E-state index contributed by atoms with van der Waals surface area (Å²) in [4.78, 5) is 41.5. The average molecular weight is 628 g/mol. The number of aliphatic hydroxyl groups excluding tert-OH is 1. The number of nitrogens with zero attached hydrogens (tertiary/aromatic N) is 1. The molecular formula is C33H46ClN3O5Si. The molecule has 234 valence electrons. The van der Waals surface area contributed by atoms with Gasteiger partial charge in [0.1, 0.15) is 12.6 Å². The van der Waals surface area contributed by atoms with Gasteiger partial charge in [0.2, 0.25) is 11.8 Å². The van der Waals surface area contributed by atoms with Gasteiger partial charge in [-0.2, -0.15) is 0 Å². The lowest BCUT2D eigenvalue weighted by Gasteiger charge is -2.34. The Kier molecular flexibility index (Phi) is 11.7. The molecule has 3 amide bonds. The lowest BCUT2D eigenvalue weighted by Crippen LogP contribution is -2.58. The van der Waals surface area contributed by atoms with Crippen LogP contribution in [0.2, 0.25) is 5.02 Å². The van der Waals surface area contributed by atoms with Crippen molar-refractivity contribution in [1.29, 1.82) is 0 Å². The third-order valence-corrected chi connectivity index (χ3v) is 10.4. The topological polar surface area (TPSA) is 108 Å². The normalized spacial score (nSPS) is 18.2. The van der Waals surface area contributed by atoms with Crippen LogP contribution < -0.4 is 10.6 Å². The van der Waals surface area contributed by atoms with Crippen LogP contribution in [0.15, 0.2) is 54.6 Å². The van der Waals surface area contributed by atoms with Gasteiger partial charge in [-0.05, 0) is 61.3 Å². The number of benzene rings is 2. The van der Waals surface area contributed by atoms with E-state index in [1.165, 1.54) is 12.0 Å². The number of halogens is 1. The van der Waals surface area contributed by atoms with Gasteiger partial charge >= 0.3 is 6.09 Å². The van der Waals surface area contributed by atoms with Gasteiger partial charge in [-0.1, -0.05) is 86.2 Å². The minimum Gasteiger partial charge on any atom is -0.445 e. The van der Waals surface area contributed by atoms with E-state index in [0.717, 1.165) is 50.5 Å². The number of alkyl carbamates (subject to hydrolysis) is 1. The first kappa shape index (κ1) is 33.0. The molecule has 0 radical (unpaired) electrons. The predicted octanol–water partition coefficient (Wildman–Crippen LogP) is 4.09. The molecule has 2 atom stereocenters. The molecule has 1 unspecified atom stereocenters. The van der Waals surface area contributed by atoms with Crippen molar-refractivity contribution in [3.05, 3.63) is 70.7 Å². The number of amides is 3. The van der Waals surface area contributed by atoms with Gasteiger partial charge in [0, 0.05) is 39.4 Å². The van der Waals surface area contributed by atoms with Crippen LogP contribution in [0.5, 0.6) is 0 Å². The van der Waals surface area contributed by atoms with Crippen LogP contribution in [0.1, 0.15) is 75.3 Å². The zero-order chi connectivity index (χ0) is 30.9. The maximum absolute atomic E-state index is 13.6. The Morgan fingerprint density at radius 1 is 1.09 bits per heavy atom. The van der Waals surface area contributed by atoms with Crippen LogP contribution in [-0.4, -0.2) is 68.6 Å². The number of nitrogens with one attached hydrogen (secondary N) is 2. The monoisotopic (exact) mass is 627 g/mol. The van der Waals surface area contributed by atoms with E-state index in [4.69, 9.17) is 16.3 Å². The Morgan fingerprint density at radius 2 is 1.79 bits per heavy atom. The summed E-state index contributed by atoms with van der Waals surface area (Å²) < 4.78 is 5.42. The van der Waals surface area contributed by atoms with Gasteiger partial charge in [0.15, 0.2) is 0 Å². The van der Waals surface area contributed by atoms with Crippen LogP contribution in [-0.2, 0) is 27.4 Å². The van der Waals surface area contributed by atoms with E-state index in [1.54, 1.807) is 18.2 Å². The van der Waals surface area contributed by atoms with E-state index in [9.17, 15) is 19.5 Å². The second kappa shape index (κ2) is 15.2. The summed E-state index contributed by atoms with van der Waals surface area (Å²) in [6.07, 6.45) is 8.58. The van der Waals surface area contributed by atoms with Crippen LogP contribution in [0.3, 0.4) is 0 Å². The first-order valence-electron chi connectivity index (χ1n) is 15.5. The fraction of sp³-hybridized carbons (Fsp3) is 0.545. The molecule has 0 heterocycles. The van der Waals surface area contributed by atoms with Crippen LogP contribution in [0.25, 0.3) is 0 Å². The van der Waals surface area contributed by atoms with Crippen LogP contribution >= 0.6 is 11.6 Å². The fourth-order valence-electron chi connectivity index (χ4n) is 6.08. The van der Waals surface area contributed by atoms with E-state index in [0.29, 0.717) is 34.0 Å². The van der Waals surface area contributed by atoms with Crippen LogP contribution in [0, 0.1) is 5.92 Å². The Bertz CT molecular complexity index is 1240. The Hall–Kier alpha value is -2.88. The van der Waals surface area contributed by atoms with E-state index < -0.39 is 17.3 Å². The highest BCUT2D eigenvalue weighted by Crippen LogP contribution is 2.44. The molecule has 2 aromatic carbocycles. The summed E-state index contributed by atoms with van der Waals surface area (Å²) in [5.74, 6) is -0.0133. The van der Waals surface area contributed by atoms with Gasteiger partial charge < -0.3 is 25.4 Å². The van der Waals surface area contributed by atoms with Gasteiger partial charge in [-0.3, -0.25) is 9.59 Å². The standard InChI is InChI=1S/C33H46ClN3O5Si/c1-37(32(17-18-32)21-25-11-6-3-7-12-25)29(39)15-16-33(43,23-38)36-30(40)28(20-24-9-4-2-5-10-24)35-31(41)42-22-26-13-8-14-27(34)19-26/h3,6-8,11-14,19,24,28,38H,2,4-5,9-10,15-18,20-23H2,1,43H3,(H,35,41)(H,36,40)/t28-,33?/m0/s1. The molecule has 0 spiro atoms. The molecule has 3 N–H and O–H groups in total. The van der Waals surface area contributed by atoms with Crippen molar-refractivity contribution in [2.75, 3.05) is 13.7 Å². The summed E-state index contributed by atoms with van der Waals surface area (Å²) in [7, 11) is 2.30. The Balaban J connectivity index is 1.34. The Labute approximate surface area is 263 Å². The number of hydrogen-bond acceptors (Lipinski definition) is 5. The number of carbonyl (C=O) groups excluding carboxylic acids is 3. The molecule has 8 nitrogen and oxygen atoms in total. The molecular weight excluding hydrogens is 582 g/mol. The van der Waals surface area contributed by atoms with Crippen molar-refractivity contribution < 1.29 is 24.2 Å². The summed E-state index contributed by atoms with van der Waals surface area (Å²) in [5.41, 5.74) is 1.80. The molecule has 0 saturated heterocycles. The molecule has 43 heavy (non-hydrogen) atoms. The number of rotatable bonds is 14. The molecule has 0 aromatic heterocycles. The lowest BCUT2D eigenvalue weighted by molar-refractivity contribution is -0.133. The van der Waals surface area contributed by atoms with Crippen molar-refractivity contribution in [2.24, 2.45) is 5.92 Å². The number of likely N-dealkylation sites (N-methyl/N-ethyl adjacent to an activating group) is 1. The van der Waals surface area contributed by atoms with Crippen LogP contribution in [0.4, 0.5) is 4.79 Å². The van der Waals surface area contributed by atoms with E-state index in [2.05, 4.69) is 22.8 Å². The summed E-state index contributed by atoms with van der Waals surface area (Å²) in [6.45, 7) is -0.237. The zero-order valence-corrected chi connectivity index (χ0v) is 28.2. The number of hydrogen-bond donors (Lipinski definition) is 3. The zero-order valence-electron chi connectivity index (χ0n) is 25.4. The van der Waals surface area contributed by atoms with Crippen molar-refractivity contribution >= 4 is 39.8 Å². The minimum atomic E-state index is -0.888. The van der Waals surface area contributed by atoms with Crippen molar-refractivity contribution in [2.45, 2.75) is 94.0 Å². The third-order valence-electron chi connectivity index (χ3n) is 9.11. The predicted molar refractivity (Wildman–Crippen MR) is 172 cm³/mol. The summed E-state index contributed by atoms with van der Waals surface area (Å²) in [6, 6.07) is 16.5. The minimum absolute atomic E-state index is 0.0119. The highest BCUT2D eigenvalue weighted by Gasteiger charge is 2.48. The van der Waals surface area contributed by atoms with Crippen molar-refractivity contribution in [1.82, 2.24) is 15.5 Å². The molecule has 10 heteroatoms. The average Bonchev–Trinajstić information content (AvgIpc) is 3.79. The second-order valence-electron chi connectivity index (χ2n) is 12.7.